The lowest BCUT2D eigenvalue weighted by molar-refractivity contribution is -0.161. The number of carbonyl (C=O) groups excluding carboxylic acids is 2. The van der Waals surface area contributed by atoms with E-state index >= 15 is 0 Å². The fourth-order valence-electron chi connectivity index (χ4n) is 6.56. The highest BCUT2D eigenvalue weighted by atomic mass is 19.4. The highest BCUT2D eigenvalue weighted by molar-refractivity contribution is 5.81. The third-order valence-electron chi connectivity index (χ3n) is 7.84. The van der Waals surface area contributed by atoms with Crippen molar-refractivity contribution >= 4 is 17.8 Å². The predicted molar refractivity (Wildman–Crippen MR) is 108 cm³/mol. The molecule has 32 heavy (non-hydrogen) atoms. The number of pyridine rings is 1. The Labute approximate surface area is 183 Å². The number of ether oxygens (including phenoxy) is 1. The molecule has 4 aliphatic carbocycles. The number of halogens is 3. The zero-order valence-electron chi connectivity index (χ0n) is 17.6. The zero-order chi connectivity index (χ0) is 22.7. The zero-order valence-corrected chi connectivity index (χ0v) is 17.6. The van der Waals surface area contributed by atoms with Gasteiger partial charge in [-0.25, -0.2) is 9.78 Å². The number of carbonyl (C=O) groups is 2. The third-order valence-corrected chi connectivity index (χ3v) is 7.84. The summed E-state index contributed by atoms with van der Waals surface area (Å²) in [5.74, 6) is 0.991. The average Bonchev–Trinajstić information content (AvgIpc) is 3.18. The highest BCUT2D eigenvalue weighted by Gasteiger charge is 2.59. The summed E-state index contributed by atoms with van der Waals surface area (Å²) in [5.41, 5.74) is 4.51. The third kappa shape index (κ3) is 3.77. The van der Waals surface area contributed by atoms with Crippen molar-refractivity contribution < 1.29 is 27.5 Å². The first-order chi connectivity index (χ1) is 15.1. The van der Waals surface area contributed by atoms with E-state index in [9.17, 15) is 22.8 Å². The Morgan fingerprint density at radius 1 is 1.19 bits per heavy atom. The molecule has 0 aromatic carbocycles. The molecule has 1 aromatic heterocycles. The molecule has 4 bridgehead atoms. The summed E-state index contributed by atoms with van der Waals surface area (Å²) in [6, 6.07) is 2.18. The van der Waals surface area contributed by atoms with Gasteiger partial charge in [0, 0.05) is 25.3 Å². The molecule has 5 aliphatic rings. The van der Waals surface area contributed by atoms with Gasteiger partial charge in [-0.2, -0.15) is 13.2 Å². The molecule has 3 unspecified atom stereocenters. The van der Waals surface area contributed by atoms with Gasteiger partial charge in [0.2, 0.25) is 5.91 Å². The molecule has 0 radical (unpaired) electrons. The quantitative estimate of drug-likeness (QED) is 0.730. The summed E-state index contributed by atoms with van der Waals surface area (Å²) in [4.78, 5) is 30.4. The van der Waals surface area contributed by atoms with Crippen molar-refractivity contribution in [1.29, 1.82) is 0 Å². The lowest BCUT2D eigenvalue weighted by Gasteiger charge is -2.58. The normalized spacial score (nSPS) is 35.7. The van der Waals surface area contributed by atoms with E-state index in [1.807, 2.05) is 0 Å². The van der Waals surface area contributed by atoms with E-state index < -0.39 is 17.2 Å². The molecule has 4 saturated carbocycles. The van der Waals surface area contributed by atoms with Crippen LogP contribution in [0.4, 0.5) is 23.8 Å². The smallest absolute Gasteiger partial charge is 0.417 e. The number of amides is 2. The molecular weight excluding hydrogens is 425 g/mol. The Morgan fingerprint density at radius 3 is 2.50 bits per heavy atom. The van der Waals surface area contributed by atoms with Crippen LogP contribution in [0.3, 0.4) is 0 Å². The van der Waals surface area contributed by atoms with Crippen molar-refractivity contribution in [2.75, 3.05) is 18.4 Å². The first-order valence-electron chi connectivity index (χ1n) is 11.2. The summed E-state index contributed by atoms with van der Waals surface area (Å²) in [5, 5.41) is 3.10. The van der Waals surface area contributed by atoms with Crippen LogP contribution in [-0.4, -0.2) is 47.1 Å². The van der Waals surface area contributed by atoms with Gasteiger partial charge in [-0.15, -0.1) is 0 Å². The lowest BCUT2D eigenvalue weighted by atomic mass is 9.48. The highest BCUT2D eigenvalue weighted by Crippen LogP contribution is 2.60. The molecule has 5 fully saturated rings. The SMILES string of the molecule is NC(=O)[C@]12CC3CC(C1)C(OC(=O)N1CC[C@@H](Nc4ccc(C(F)(F)F)cn4)C1)[C@@H](C3)C2. The molecule has 0 spiro atoms. The first kappa shape index (κ1) is 21.3. The molecule has 3 N–H and O–H groups in total. The number of hydrogen-bond donors (Lipinski definition) is 2. The van der Waals surface area contributed by atoms with Gasteiger partial charge in [0.25, 0.3) is 0 Å². The summed E-state index contributed by atoms with van der Waals surface area (Å²) >= 11 is 0. The second kappa shape index (κ2) is 7.52. The maximum absolute atomic E-state index is 12.8. The van der Waals surface area contributed by atoms with Gasteiger partial charge in [0.1, 0.15) is 11.9 Å². The topological polar surface area (TPSA) is 97.6 Å². The van der Waals surface area contributed by atoms with Crippen molar-refractivity contribution in [1.82, 2.24) is 9.88 Å². The van der Waals surface area contributed by atoms with Crippen molar-refractivity contribution in [2.45, 2.75) is 56.8 Å². The van der Waals surface area contributed by atoms with Crippen LogP contribution in [0.15, 0.2) is 18.3 Å². The number of aromatic nitrogens is 1. The van der Waals surface area contributed by atoms with Gasteiger partial charge in [0.15, 0.2) is 0 Å². The predicted octanol–water partition coefficient (Wildman–Crippen LogP) is 3.40. The van der Waals surface area contributed by atoms with Crippen LogP contribution in [-0.2, 0) is 15.7 Å². The van der Waals surface area contributed by atoms with Crippen LogP contribution in [0.25, 0.3) is 0 Å². The number of rotatable bonds is 4. The number of nitrogens with one attached hydrogen (secondary N) is 1. The van der Waals surface area contributed by atoms with Gasteiger partial charge in [-0.3, -0.25) is 4.79 Å². The molecule has 1 aromatic rings. The van der Waals surface area contributed by atoms with Crippen LogP contribution in [0.5, 0.6) is 0 Å². The molecular formula is C22H27F3N4O3. The van der Waals surface area contributed by atoms with Gasteiger partial charge in [0.05, 0.1) is 11.0 Å². The Morgan fingerprint density at radius 2 is 1.91 bits per heavy atom. The van der Waals surface area contributed by atoms with Gasteiger partial charge in [-0.05, 0) is 68.4 Å². The summed E-state index contributed by atoms with van der Waals surface area (Å²) in [6.45, 7) is 0.907. The monoisotopic (exact) mass is 452 g/mol. The average molecular weight is 452 g/mol. The van der Waals surface area contributed by atoms with Crippen molar-refractivity contribution in [3.8, 4) is 0 Å². The number of nitrogens with two attached hydrogens (primary N) is 1. The van der Waals surface area contributed by atoms with Gasteiger partial charge >= 0.3 is 12.3 Å². The Kier molecular flexibility index (Phi) is 5.01. The van der Waals surface area contributed by atoms with E-state index in [4.69, 9.17) is 10.5 Å². The summed E-state index contributed by atoms with van der Waals surface area (Å²) in [6.07, 6.45) is 0.739. The maximum atomic E-state index is 12.8. The number of nitrogens with zero attached hydrogens (tertiary/aromatic N) is 2. The second-order valence-corrected chi connectivity index (χ2v) is 9.97. The van der Waals surface area contributed by atoms with Crippen molar-refractivity contribution in [3.05, 3.63) is 23.9 Å². The molecule has 10 heteroatoms. The fraction of sp³-hybridized carbons (Fsp3) is 0.682. The van der Waals surface area contributed by atoms with E-state index in [0.29, 0.717) is 44.1 Å². The van der Waals surface area contributed by atoms with Gasteiger partial charge in [-0.1, -0.05) is 0 Å². The largest absolute Gasteiger partial charge is 0.446 e. The Balaban J connectivity index is 1.16. The van der Waals surface area contributed by atoms with Gasteiger partial charge < -0.3 is 20.7 Å². The standard InChI is InChI=1S/C22H27F3N4O3/c23-22(24,25)15-1-2-17(27-10-15)28-16-3-4-29(11-16)20(31)32-18-13-5-12-6-14(18)9-21(7-12,8-13)19(26)30/h1-2,10,12-14,16,18H,3-9,11H2,(H2,26,30)(H,27,28)/t12?,13-,14?,16+,18?,21-/m0/s1. The van der Waals surface area contributed by atoms with Crippen LogP contribution in [0.1, 0.15) is 44.1 Å². The minimum atomic E-state index is -4.42. The molecule has 1 aliphatic heterocycles. The van der Waals surface area contributed by atoms with Crippen LogP contribution >= 0.6 is 0 Å². The molecule has 2 heterocycles. The minimum absolute atomic E-state index is 0.108. The molecule has 6 atom stereocenters. The molecule has 1 saturated heterocycles. The van der Waals surface area contributed by atoms with E-state index in [1.165, 1.54) is 6.07 Å². The molecule has 2 amide bonds. The number of likely N-dealkylation sites (tertiary alicyclic amines) is 1. The Hall–Kier alpha value is -2.52. The molecule has 174 valence electrons. The summed E-state index contributed by atoms with van der Waals surface area (Å²) in [7, 11) is 0. The van der Waals surface area contributed by atoms with Crippen molar-refractivity contribution in [3.63, 3.8) is 0 Å². The maximum Gasteiger partial charge on any atom is 0.417 e. The van der Waals surface area contributed by atoms with E-state index in [0.717, 1.165) is 31.5 Å². The van der Waals surface area contributed by atoms with E-state index in [-0.39, 0.29) is 36.0 Å². The van der Waals surface area contributed by atoms with Crippen LogP contribution < -0.4 is 11.1 Å². The van der Waals surface area contributed by atoms with Crippen molar-refractivity contribution in [2.24, 2.45) is 28.9 Å². The second-order valence-electron chi connectivity index (χ2n) is 9.97. The molecule has 6 rings (SSSR count). The lowest BCUT2D eigenvalue weighted by Crippen LogP contribution is -2.59. The van der Waals surface area contributed by atoms with E-state index in [2.05, 4.69) is 10.3 Å². The molecule has 7 nitrogen and oxygen atoms in total. The fourth-order valence-corrected chi connectivity index (χ4v) is 6.56. The number of hydrogen-bond acceptors (Lipinski definition) is 5. The number of alkyl halides is 3. The number of primary amides is 1. The van der Waals surface area contributed by atoms with Crippen LogP contribution in [0.2, 0.25) is 0 Å². The Bertz CT molecular complexity index is 891. The minimum Gasteiger partial charge on any atom is -0.446 e. The first-order valence-corrected chi connectivity index (χ1v) is 11.2. The van der Waals surface area contributed by atoms with E-state index in [1.54, 1.807) is 4.90 Å². The number of anilines is 1. The van der Waals surface area contributed by atoms with Crippen LogP contribution in [0, 0.1) is 23.2 Å². The summed E-state index contributed by atoms with van der Waals surface area (Å²) < 4.78 is 44.0.